The minimum Gasteiger partial charge on any atom is -0.343 e. The number of aromatic nitrogens is 2. The number of nitrogens with zero attached hydrogens (tertiary/aromatic N) is 2. The average Bonchev–Trinajstić information content (AvgIpc) is 2.79. The van der Waals surface area contributed by atoms with Gasteiger partial charge in [0.15, 0.2) is 5.82 Å². The molecule has 2 rings (SSSR count). The van der Waals surface area contributed by atoms with E-state index in [-0.39, 0.29) is 0 Å². The summed E-state index contributed by atoms with van der Waals surface area (Å²) in [5.74, 6) is 0.747. The first kappa shape index (κ1) is 10.8. The van der Waals surface area contributed by atoms with Crippen molar-refractivity contribution in [2.24, 2.45) is 0 Å². The van der Waals surface area contributed by atoms with Crippen molar-refractivity contribution in [3.05, 3.63) is 47.6 Å². The van der Waals surface area contributed by atoms with Gasteiger partial charge in [-0.2, -0.15) is 4.98 Å². The first-order valence-electron chi connectivity index (χ1n) is 5.37. The fourth-order valence-corrected chi connectivity index (χ4v) is 1.53. The molecule has 0 saturated heterocycles. The van der Waals surface area contributed by atoms with Crippen LogP contribution in [0.15, 0.2) is 35.2 Å². The van der Waals surface area contributed by atoms with Crippen LogP contribution in [0.4, 0.5) is 0 Å². The van der Waals surface area contributed by atoms with Crippen molar-refractivity contribution in [2.45, 2.75) is 19.9 Å². The molecule has 16 heavy (non-hydrogen) atoms. The molecular weight excluding hydrogens is 202 g/mol. The lowest BCUT2D eigenvalue weighted by Crippen LogP contribution is -2.17. The summed E-state index contributed by atoms with van der Waals surface area (Å²) in [7, 11) is 0. The Morgan fingerprint density at radius 1 is 1.31 bits per heavy atom. The van der Waals surface area contributed by atoms with E-state index in [0.29, 0.717) is 0 Å². The van der Waals surface area contributed by atoms with Gasteiger partial charge in [-0.3, -0.25) is 0 Å². The SMILES string of the molecule is Cc1ccccc1CNCCc1ncon1. The van der Waals surface area contributed by atoms with E-state index in [9.17, 15) is 0 Å². The molecule has 0 fully saturated rings. The van der Waals surface area contributed by atoms with Crippen molar-refractivity contribution in [1.82, 2.24) is 15.5 Å². The maximum absolute atomic E-state index is 4.66. The lowest BCUT2D eigenvalue weighted by atomic mass is 10.1. The molecule has 4 nitrogen and oxygen atoms in total. The van der Waals surface area contributed by atoms with Gasteiger partial charge in [-0.1, -0.05) is 29.4 Å². The second-order valence-electron chi connectivity index (χ2n) is 3.70. The van der Waals surface area contributed by atoms with E-state index in [4.69, 9.17) is 0 Å². The van der Waals surface area contributed by atoms with Crippen LogP contribution in [-0.2, 0) is 13.0 Å². The zero-order valence-electron chi connectivity index (χ0n) is 9.31. The normalized spacial score (nSPS) is 10.6. The Hall–Kier alpha value is -1.68. The molecule has 84 valence electrons. The third kappa shape index (κ3) is 2.90. The van der Waals surface area contributed by atoms with Gasteiger partial charge in [0.05, 0.1) is 0 Å². The summed E-state index contributed by atoms with van der Waals surface area (Å²) < 4.78 is 4.66. The van der Waals surface area contributed by atoms with Gasteiger partial charge >= 0.3 is 0 Å². The summed E-state index contributed by atoms with van der Waals surface area (Å²) in [6.45, 7) is 3.86. The minimum atomic E-state index is 0.747. The zero-order valence-corrected chi connectivity index (χ0v) is 9.31. The number of hydrogen-bond acceptors (Lipinski definition) is 4. The van der Waals surface area contributed by atoms with Gasteiger partial charge in [0.1, 0.15) is 0 Å². The van der Waals surface area contributed by atoms with Crippen molar-refractivity contribution in [3.8, 4) is 0 Å². The Labute approximate surface area is 94.7 Å². The highest BCUT2D eigenvalue weighted by Gasteiger charge is 1.99. The molecule has 2 aromatic rings. The maximum atomic E-state index is 4.66. The Morgan fingerprint density at radius 2 is 2.19 bits per heavy atom. The van der Waals surface area contributed by atoms with Crippen LogP contribution in [0.1, 0.15) is 17.0 Å². The number of aryl methyl sites for hydroxylation is 1. The molecule has 1 N–H and O–H groups in total. The van der Waals surface area contributed by atoms with Crippen molar-refractivity contribution in [1.29, 1.82) is 0 Å². The molecule has 1 heterocycles. The van der Waals surface area contributed by atoms with Crippen LogP contribution in [0, 0.1) is 6.92 Å². The molecule has 0 aliphatic heterocycles. The van der Waals surface area contributed by atoms with Gasteiger partial charge in [-0.25, -0.2) is 0 Å². The Balaban J connectivity index is 1.74. The molecule has 1 aromatic heterocycles. The zero-order chi connectivity index (χ0) is 11.2. The molecule has 0 radical (unpaired) electrons. The van der Waals surface area contributed by atoms with E-state index in [1.165, 1.54) is 17.5 Å². The standard InChI is InChI=1S/C12H15N3O/c1-10-4-2-3-5-11(10)8-13-7-6-12-14-9-16-15-12/h2-5,9,13H,6-8H2,1H3. The van der Waals surface area contributed by atoms with E-state index in [1.807, 2.05) is 0 Å². The van der Waals surface area contributed by atoms with Crippen LogP contribution >= 0.6 is 0 Å². The van der Waals surface area contributed by atoms with Crippen LogP contribution in [-0.4, -0.2) is 16.7 Å². The summed E-state index contributed by atoms with van der Waals surface area (Å²) in [5.41, 5.74) is 2.64. The molecule has 0 saturated carbocycles. The lowest BCUT2D eigenvalue weighted by molar-refractivity contribution is 0.409. The Kier molecular flexibility index (Phi) is 3.66. The van der Waals surface area contributed by atoms with Crippen LogP contribution in [0.3, 0.4) is 0 Å². The van der Waals surface area contributed by atoms with Gasteiger partial charge in [-0.05, 0) is 18.1 Å². The number of rotatable bonds is 5. The molecule has 0 aliphatic rings. The quantitative estimate of drug-likeness (QED) is 0.775. The van der Waals surface area contributed by atoms with Crippen LogP contribution in [0.5, 0.6) is 0 Å². The third-order valence-electron chi connectivity index (χ3n) is 2.51. The second-order valence-corrected chi connectivity index (χ2v) is 3.70. The van der Waals surface area contributed by atoms with Crippen molar-refractivity contribution < 1.29 is 4.52 Å². The van der Waals surface area contributed by atoms with Gasteiger partial charge in [0.25, 0.3) is 0 Å². The smallest absolute Gasteiger partial charge is 0.213 e. The molecule has 0 amide bonds. The molecule has 1 aromatic carbocycles. The molecule has 0 aliphatic carbocycles. The van der Waals surface area contributed by atoms with Crippen molar-refractivity contribution in [2.75, 3.05) is 6.54 Å². The summed E-state index contributed by atoms with van der Waals surface area (Å²) in [6, 6.07) is 8.37. The predicted molar refractivity (Wildman–Crippen MR) is 60.9 cm³/mol. The monoisotopic (exact) mass is 217 g/mol. The number of hydrogen-bond donors (Lipinski definition) is 1. The molecule has 0 bridgehead atoms. The molecular formula is C12H15N3O. The summed E-state index contributed by atoms with van der Waals surface area (Å²) in [4.78, 5) is 3.96. The predicted octanol–water partition coefficient (Wildman–Crippen LogP) is 1.71. The number of nitrogens with one attached hydrogen (secondary N) is 1. The fourth-order valence-electron chi connectivity index (χ4n) is 1.53. The fraction of sp³-hybridized carbons (Fsp3) is 0.333. The maximum Gasteiger partial charge on any atom is 0.213 e. The number of benzene rings is 1. The topological polar surface area (TPSA) is 51.0 Å². The van der Waals surface area contributed by atoms with Crippen LogP contribution in [0.25, 0.3) is 0 Å². The highest BCUT2D eigenvalue weighted by atomic mass is 16.5. The Bertz CT molecular complexity index is 426. The summed E-state index contributed by atoms with van der Waals surface area (Å²) in [5, 5.41) is 7.11. The summed E-state index contributed by atoms with van der Waals surface area (Å²) in [6.07, 6.45) is 2.15. The minimum absolute atomic E-state index is 0.747. The summed E-state index contributed by atoms with van der Waals surface area (Å²) >= 11 is 0. The van der Waals surface area contributed by atoms with E-state index in [1.54, 1.807) is 0 Å². The van der Waals surface area contributed by atoms with Crippen LogP contribution < -0.4 is 5.32 Å². The van der Waals surface area contributed by atoms with Gasteiger partial charge in [0.2, 0.25) is 6.39 Å². The molecule has 0 spiro atoms. The molecule has 0 unspecified atom stereocenters. The van der Waals surface area contributed by atoms with E-state index >= 15 is 0 Å². The van der Waals surface area contributed by atoms with Gasteiger partial charge in [0, 0.05) is 19.5 Å². The molecule has 0 atom stereocenters. The average molecular weight is 217 g/mol. The molecule has 4 heteroatoms. The van der Waals surface area contributed by atoms with Crippen molar-refractivity contribution >= 4 is 0 Å². The van der Waals surface area contributed by atoms with E-state index in [0.717, 1.165) is 25.3 Å². The van der Waals surface area contributed by atoms with Crippen molar-refractivity contribution in [3.63, 3.8) is 0 Å². The van der Waals surface area contributed by atoms with Crippen LogP contribution in [0.2, 0.25) is 0 Å². The largest absolute Gasteiger partial charge is 0.343 e. The Morgan fingerprint density at radius 3 is 2.94 bits per heavy atom. The van der Waals surface area contributed by atoms with Gasteiger partial charge < -0.3 is 9.84 Å². The van der Waals surface area contributed by atoms with E-state index in [2.05, 4.69) is 51.2 Å². The first-order valence-corrected chi connectivity index (χ1v) is 5.37. The lowest BCUT2D eigenvalue weighted by Gasteiger charge is -2.06. The highest BCUT2D eigenvalue weighted by molar-refractivity contribution is 5.25. The highest BCUT2D eigenvalue weighted by Crippen LogP contribution is 2.05. The van der Waals surface area contributed by atoms with E-state index < -0.39 is 0 Å². The first-order chi connectivity index (χ1) is 7.86. The van der Waals surface area contributed by atoms with Gasteiger partial charge in [-0.15, -0.1) is 0 Å². The third-order valence-corrected chi connectivity index (χ3v) is 2.51. The second kappa shape index (κ2) is 5.42.